The quantitative estimate of drug-likeness (QED) is 0.676. The van der Waals surface area contributed by atoms with Crippen LogP contribution in [0.1, 0.15) is 34.1 Å². The molecule has 0 aliphatic carbocycles. The molecule has 1 heterocycles. The van der Waals surface area contributed by atoms with Gasteiger partial charge in [-0.15, -0.1) is 11.3 Å². The van der Waals surface area contributed by atoms with Crippen LogP contribution in [0.2, 0.25) is 0 Å². The Kier molecular flexibility index (Phi) is 4.46. The molecule has 6 heteroatoms. The molecule has 1 N–H and O–H groups in total. The number of rotatable bonds is 5. The number of nitro benzene ring substituents is 1. The molecule has 2 aromatic rings. The molecule has 0 radical (unpaired) electrons. The summed E-state index contributed by atoms with van der Waals surface area (Å²) in [5.74, 6) is 0. The highest BCUT2D eigenvalue weighted by molar-refractivity contribution is 7.11. The molecule has 1 unspecified atom stereocenters. The lowest BCUT2D eigenvalue weighted by molar-refractivity contribution is -0.384. The van der Waals surface area contributed by atoms with E-state index in [9.17, 15) is 10.1 Å². The zero-order valence-corrected chi connectivity index (χ0v) is 12.5. The van der Waals surface area contributed by atoms with Crippen LogP contribution in [0.3, 0.4) is 0 Å². The molecule has 0 saturated carbocycles. The lowest BCUT2D eigenvalue weighted by atomic mass is 10.1. The van der Waals surface area contributed by atoms with E-state index in [1.807, 2.05) is 13.0 Å². The first kappa shape index (κ1) is 14.6. The second kappa shape index (κ2) is 6.11. The Morgan fingerprint density at radius 3 is 2.80 bits per heavy atom. The van der Waals surface area contributed by atoms with Crippen LogP contribution in [0, 0.1) is 24.0 Å². The van der Waals surface area contributed by atoms with Gasteiger partial charge in [0.05, 0.1) is 15.6 Å². The standard InChI is InChI=1S/C14H17N3O2S/c1-9(14-10(2)20-11(3)16-14)15-8-12-5-4-6-13(7-12)17(18)19/h4-7,9,15H,8H2,1-3H3. The predicted octanol–water partition coefficient (Wildman–Crippen LogP) is 3.52. The molecule has 0 aliphatic rings. The summed E-state index contributed by atoms with van der Waals surface area (Å²) in [6.07, 6.45) is 0. The maximum Gasteiger partial charge on any atom is 0.269 e. The van der Waals surface area contributed by atoms with E-state index in [4.69, 9.17) is 0 Å². The largest absolute Gasteiger partial charge is 0.305 e. The number of non-ortho nitro benzene ring substituents is 1. The van der Waals surface area contributed by atoms with Gasteiger partial charge in [0.2, 0.25) is 0 Å². The van der Waals surface area contributed by atoms with E-state index in [0.29, 0.717) is 6.54 Å². The van der Waals surface area contributed by atoms with Crippen molar-refractivity contribution in [2.24, 2.45) is 0 Å². The van der Waals surface area contributed by atoms with Crippen LogP contribution in [0.15, 0.2) is 24.3 Å². The van der Waals surface area contributed by atoms with Gasteiger partial charge in [-0.05, 0) is 26.3 Å². The Balaban J connectivity index is 2.03. The van der Waals surface area contributed by atoms with Crippen LogP contribution in [-0.4, -0.2) is 9.91 Å². The third-order valence-electron chi connectivity index (χ3n) is 3.08. The van der Waals surface area contributed by atoms with Gasteiger partial charge in [0.25, 0.3) is 5.69 Å². The Morgan fingerprint density at radius 2 is 2.20 bits per heavy atom. The van der Waals surface area contributed by atoms with Crippen molar-refractivity contribution in [3.8, 4) is 0 Å². The molecule has 0 bridgehead atoms. The van der Waals surface area contributed by atoms with E-state index in [-0.39, 0.29) is 16.7 Å². The van der Waals surface area contributed by atoms with Crippen molar-refractivity contribution in [1.29, 1.82) is 0 Å². The fourth-order valence-corrected chi connectivity index (χ4v) is 3.01. The Hall–Kier alpha value is -1.79. The Bertz CT molecular complexity index is 625. The zero-order chi connectivity index (χ0) is 14.7. The van der Waals surface area contributed by atoms with Crippen molar-refractivity contribution in [3.05, 3.63) is 55.5 Å². The van der Waals surface area contributed by atoms with Gasteiger partial charge in [-0.1, -0.05) is 12.1 Å². The molecule has 1 aromatic heterocycles. The summed E-state index contributed by atoms with van der Waals surface area (Å²) in [4.78, 5) is 16.1. The lowest BCUT2D eigenvalue weighted by Crippen LogP contribution is -2.19. The maximum atomic E-state index is 10.7. The van der Waals surface area contributed by atoms with E-state index >= 15 is 0 Å². The first-order valence-corrected chi connectivity index (χ1v) is 7.19. The molecular weight excluding hydrogens is 274 g/mol. The molecular formula is C14H17N3O2S. The molecule has 0 amide bonds. The lowest BCUT2D eigenvalue weighted by Gasteiger charge is -2.12. The van der Waals surface area contributed by atoms with Gasteiger partial charge in [-0.2, -0.15) is 0 Å². The molecule has 5 nitrogen and oxygen atoms in total. The van der Waals surface area contributed by atoms with Gasteiger partial charge in [-0.3, -0.25) is 10.1 Å². The van der Waals surface area contributed by atoms with Crippen molar-refractivity contribution in [1.82, 2.24) is 10.3 Å². The van der Waals surface area contributed by atoms with Crippen LogP contribution in [-0.2, 0) is 6.54 Å². The minimum absolute atomic E-state index is 0.123. The van der Waals surface area contributed by atoms with Gasteiger partial charge in [0, 0.05) is 29.6 Å². The number of nitrogens with one attached hydrogen (secondary N) is 1. The van der Waals surface area contributed by atoms with Gasteiger partial charge >= 0.3 is 0 Å². The number of hydrogen-bond acceptors (Lipinski definition) is 5. The Morgan fingerprint density at radius 1 is 1.45 bits per heavy atom. The smallest absolute Gasteiger partial charge is 0.269 e. The monoisotopic (exact) mass is 291 g/mol. The molecule has 106 valence electrons. The highest BCUT2D eigenvalue weighted by Gasteiger charge is 2.13. The molecule has 1 aromatic carbocycles. The van der Waals surface area contributed by atoms with Gasteiger partial charge in [0.15, 0.2) is 0 Å². The van der Waals surface area contributed by atoms with Crippen LogP contribution < -0.4 is 5.32 Å². The van der Waals surface area contributed by atoms with E-state index in [1.54, 1.807) is 23.5 Å². The van der Waals surface area contributed by atoms with E-state index < -0.39 is 0 Å². The molecule has 2 rings (SSSR count). The maximum absolute atomic E-state index is 10.7. The summed E-state index contributed by atoms with van der Waals surface area (Å²) in [5.41, 5.74) is 2.08. The van der Waals surface area contributed by atoms with Crippen molar-refractivity contribution >= 4 is 17.0 Å². The number of benzene rings is 1. The van der Waals surface area contributed by atoms with Crippen molar-refractivity contribution in [2.75, 3.05) is 0 Å². The average molecular weight is 291 g/mol. The molecule has 0 spiro atoms. The van der Waals surface area contributed by atoms with Crippen LogP contribution in [0.5, 0.6) is 0 Å². The number of aromatic nitrogens is 1. The highest BCUT2D eigenvalue weighted by Crippen LogP contribution is 2.23. The number of aryl methyl sites for hydroxylation is 2. The first-order chi connectivity index (χ1) is 9.47. The number of nitrogens with zero attached hydrogens (tertiary/aromatic N) is 2. The van der Waals surface area contributed by atoms with Crippen molar-refractivity contribution < 1.29 is 4.92 Å². The van der Waals surface area contributed by atoms with Crippen LogP contribution in [0.4, 0.5) is 5.69 Å². The Labute approximate surface area is 121 Å². The molecule has 20 heavy (non-hydrogen) atoms. The summed E-state index contributed by atoms with van der Waals surface area (Å²) in [6.45, 7) is 6.69. The van der Waals surface area contributed by atoms with Crippen molar-refractivity contribution in [2.45, 2.75) is 33.4 Å². The third kappa shape index (κ3) is 3.40. The molecule has 1 atom stereocenters. The summed E-state index contributed by atoms with van der Waals surface area (Å²) < 4.78 is 0. The second-order valence-corrected chi connectivity index (χ2v) is 6.11. The van der Waals surface area contributed by atoms with Crippen LogP contribution >= 0.6 is 11.3 Å². The SMILES string of the molecule is Cc1nc(C(C)NCc2cccc([N+](=O)[O-])c2)c(C)s1. The van der Waals surface area contributed by atoms with Crippen LogP contribution in [0.25, 0.3) is 0 Å². The predicted molar refractivity (Wildman–Crippen MR) is 79.9 cm³/mol. The average Bonchev–Trinajstić information content (AvgIpc) is 2.75. The minimum Gasteiger partial charge on any atom is -0.305 e. The molecule has 0 saturated heterocycles. The topological polar surface area (TPSA) is 68.1 Å². The van der Waals surface area contributed by atoms with Gasteiger partial charge < -0.3 is 5.32 Å². The van der Waals surface area contributed by atoms with E-state index in [2.05, 4.69) is 24.1 Å². The number of thiazole rings is 1. The summed E-state index contributed by atoms with van der Waals surface area (Å²) in [5, 5.41) is 15.2. The molecule has 0 aliphatic heterocycles. The first-order valence-electron chi connectivity index (χ1n) is 6.38. The fourth-order valence-electron chi connectivity index (χ4n) is 2.09. The van der Waals surface area contributed by atoms with Gasteiger partial charge in [0.1, 0.15) is 0 Å². The normalized spacial score (nSPS) is 12.3. The zero-order valence-electron chi connectivity index (χ0n) is 11.7. The number of hydrogen-bond donors (Lipinski definition) is 1. The summed E-state index contributed by atoms with van der Waals surface area (Å²) in [7, 11) is 0. The van der Waals surface area contributed by atoms with Gasteiger partial charge in [-0.25, -0.2) is 4.98 Å². The minimum atomic E-state index is -0.374. The summed E-state index contributed by atoms with van der Waals surface area (Å²) >= 11 is 1.69. The van der Waals surface area contributed by atoms with Crippen molar-refractivity contribution in [3.63, 3.8) is 0 Å². The third-order valence-corrected chi connectivity index (χ3v) is 3.99. The fraction of sp³-hybridized carbons (Fsp3) is 0.357. The number of nitro groups is 1. The highest BCUT2D eigenvalue weighted by atomic mass is 32.1. The summed E-state index contributed by atoms with van der Waals surface area (Å²) in [6, 6.07) is 6.81. The van der Waals surface area contributed by atoms with E-state index in [0.717, 1.165) is 16.3 Å². The molecule has 0 fully saturated rings. The van der Waals surface area contributed by atoms with E-state index in [1.165, 1.54) is 10.9 Å². The second-order valence-electron chi connectivity index (χ2n) is 4.70.